The second-order valence-electron chi connectivity index (χ2n) is 8.01. The zero-order valence-corrected chi connectivity index (χ0v) is 19.0. The summed E-state index contributed by atoms with van der Waals surface area (Å²) in [5.74, 6) is -0.746. The van der Waals surface area contributed by atoms with Gasteiger partial charge in [-0.2, -0.15) is 4.31 Å². The van der Waals surface area contributed by atoms with Crippen molar-refractivity contribution >= 4 is 27.6 Å². The number of carbonyl (C=O) groups is 1. The highest BCUT2D eigenvalue weighted by Gasteiger charge is 2.32. The highest BCUT2D eigenvalue weighted by molar-refractivity contribution is 7.89. The highest BCUT2D eigenvalue weighted by Crippen LogP contribution is 2.29. The number of benzene rings is 1. The number of carboxylic acids is 1. The molecule has 7 nitrogen and oxygen atoms in total. The van der Waals surface area contributed by atoms with E-state index in [9.17, 15) is 18.3 Å². The predicted octanol–water partition coefficient (Wildman–Crippen LogP) is 3.34. The van der Waals surface area contributed by atoms with Crippen molar-refractivity contribution in [2.24, 2.45) is 0 Å². The highest BCUT2D eigenvalue weighted by atomic mass is 35.5. The maximum atomic E-state index is 13.1. The molecular formula is C21H27ClN2O5S. The van der Waals surface area contributed by atoms with Gasteiger partial charge in [0.1, 0.15) is 5.75 Å². The van der Waals surface area contributed by atoms with Gasteiger partial charge in [0.2, 0.25) is 10.0 Å². The molecule has 0 atom stereocenters. The number of sulfonamides is 1. The van der Waals surface area contributed by atoms with Crippen LogP contribution >= 0.6 is 11.6 Å². The molecule has 3 rings (SSSR count). The molecule has 0 spiro atoms. The summed E-state index contributed by atoms with van der Waals surface area (Å²) in [4.78, 5) is 13.7. The zero-order chi connectivity index (χ0) is 22.1. The first-order valence-corrected chi connectivity index (χ1v) is 11.7. The number of rotatable bonds is 6. The fraction of sp³-hybridized carbons (Fsp3) is 0.476. The van der Waals surface area contributed by atoms with Crippen molar-refractivity contribution in [1.29, 1.82) is 0 Å². The summed E-state index contributed by atoms with van der Waals surface area (Å²) in [6.07, 6.45) is 5.60. The van der Waals surface area contributed by atoms with E-state index in [2.05, 4.69) is 4.90 Å². The molecule has 0 aromatic heterocycles. The summed E-state index contributed by atoms with van der Waals surface area (Å²) >= 11 is 6.02. The number of nitrogens with zero attached hydrogens (tertiary/aromatic N) is 2. The lowest BCUT2D eigenvalue weighted by Gasteiger charge is -2.37. The standard InChI is InChI=1S/C21H27ClN2O5S/c1-15-14-18(8-9-19(15)29-21(2,3)20(25)26)30(27,28)24-12-10-23(11-13-24)17-6-4-16(22)5-7-17/h4,6,8-9,14H,5,7,10-13H2,1-3H3,(H,25,26). The SMILES string of the molecule is Cc1cc(S(=O)(=O)N2CCN(C3=CC=C(Cl)CC3)CC2)ccc1OC(C)(C)C(=O)O. The molecule has 1 N–H and O–H groups in total. The van der Waals surface area contributed by atoms with E-state index < -0.39 is 21.6 Å². The average Bonchev–Trinajstić information content (AvgIpc) is 2.70. The second kappa shape index (κ2) is 8.61. The normalized spacial score (nSPS) is 18.6. The van der Waals surface area contributed by atoms with Crippen LogP contribution in [-0.2, 0) is 14.8 Å². The Balaban J connectivity index is 1.70. The van der Waals surface area contributed by atoms with E-state index in [4.69, 9.17) is 16.3 Å². The van der Waals surface area contributed by atoms with E-state index in [0.717, 1.165) is 17.9 Å². The third-order valence-electron chi connectivity index (χ3n) is 5.39. The molecule has 1 aliphatic heterocycles. The van der Waals surface area contributed by atoms with Gasteiger partial charge in [-0.05, 0) is 69.5 Å². The Kier molecular flexibility index (Phi) is 6.50. The van der Waals surface area contributed by atoms with Gasteiger partial charge in [-0.3, -0.25) is 0 Å². The van der Waals surface area contributed by atoms with Gasteiger partial charge in [0, 0.05) is 36.9 Å². The van der Waals surface area contributed by atoms with Gasteiger partial charge < -0.3 is 14.7 Å². The Hall–Kier alpha value is -2.03. The maximum Gasteiger partial charge on any atom is 0.347 e. The number of hydrogen-bond donors (Lipinski definition) is 1. The predicted molar refractivity (Wildman–Crippen MR) is 115 cm³/mol. The molecule has 0 unspecified atom stereocenters. The van der Waals surface area contributed by atoms with Crippen LogP contribution in [0, 0.1) is 6.92 Å². The Morgan fingerprint density at radius 2 is 1.80 bits per heavy atom. The number of hydrogen-bond acceptors (Lipinski definition) is 5. The van der Waals surface area contributed by atoms with Crippen molar-refractivity contribution in [3.8, 4) is 5.75 Å². The molecule has 0 radical (unpaired) electrons. The van der Waals surface area contributed by atoms with Crippen molar-refractivity contribution in [3.05, 3.63) is 46.6 Å². The zero-order valence-electron chi connectivity index (χ0n) is 17.4. The topological polar surface area (TPSA) is 87.2 Å². The van der Waals surface area contributed by atoms with Crippen LogP contribution in [0.4, 0.5) is 0 Å². The minimum absolute atomic E-state index is 0.181. The average molecular weight is 455 g/mol. The minimum Gasteiger partial charge on any atom is -0.478 e. The summed E-state index contributed by atoms with van der Waals surface area (Å²) in [7, 11) is -3.64. The van der Waals surface area contributed by atoms with Crippen LogP contribution in [0.1, 0.15) is 32.3 Å². The Bertz CT molecular complexity index is 993. The molecule has 1 aromatic carbocycles. The maximum absolute atomic E-state index is 13.1. The van der Waals surface area contributed by atoms with Crippen molar-refractivity contribution in [2.75, 3.05) is 26.2 Å². The molecule has 1 aromatic rings. The molecule has 0 amide bonds. The molecule has 1 fully saturated rings. The summed E-state index contributed by atoms with van der Waals surface area (Å²) in [6.45, 7) is 6.67. The summed E-state index contributed by atoms with van der Waals surface area (Å²) < 4.78 is 33.3. The number of halogens is 1. The first-order chi connectivity index (χ1) is 14.0. The smallest absolute Gasteiger partial charge is 0.347 e. The van der Waals surface area contributed by atoms with E-state index in [0.29, 0.717) is 37.5 Å². The van der Waals surface area contributed by atoms with Gasteiger partial charge >= 0.3 is 5.97 Å². The van der Waals surface area contributed by atoms with Crippen molar-refractivity contribution in [1.82, 2.24) is 9.21 Å². The Morgan fingerprint density at radius 3 is 2.33 bits per heavy atom. The molecule has 1 heterocycles. The van der Waals surface area contributed by atoms with E-state index >= 15 is 0 Å². The van der Waals surface area contributed by atoms with Crippen LogP contribution < -0.4 is 4.74 Å². The largest absolute Gasteiger partial charge is 0.478 e. The van der Waals surface area contributed by atoms with E-state index in [-0.39, 0.29) is 4.90 Å². The number of carboxylic acid groups (broad SMARTS) is 1. The van der Waals surface area contributed by atoms with E-state index in [1.165, 1.54) is 42.0 Å². The van der Waals surface area contributed by atoms with Crippen molar-refractivity contribution in [2.45, 2.75) is 44.1 Å². The fourth-order valence-corrected chi connectivity index (χ4v) is 5.11. The molecule has 0 saturated carbocycles. The van der Waals surface area contributed by atoms with Crippen LogP contribution in [0.5, 0.6) is 5.75 Å². The van der Waals surface area contributed by atoms with Gasteiger partial charge in [-0.15, -0.1) is 0 Å². The minimum atomic E-state index is -3.64. The van der Waals surface area contributed by atoms with Crippen LogP contribution in [0.2, 0.25) is 0 Å². The van der Waals surface area contributed by atoms with Crippen LogP contribution in [0.25, 0.3) is 0 Å². The van der Waals surface area contributed by atoms with Crippen LogP contribution in [-0.4, -0.2) is 60.5 Å². The van der Waals surface area contributed by atoms with Gasteiger partial charge in [-0.1, -0.05) is 11.6 Å². The Labute approximate surface area is 182 Å². The molecule has 30 heavy (non-hydrogen) atoms. The first-order valence-electron chi connectivity index (χ1n) is 9.84. The third kappa shape index (κ3) is 4.82. The van der Waals surface area contributed by atoms with E-state index in [1.54, 1.807) is 6.92 Å². The quantitative estimate of drug-likeness (QED) is 0.709. The lowest BCUT2D eigenvalue weighted by molar-refractivity contribution is -0.152. The number of aryl methyl sites for hydroxylation is 1. The summed E-state index contributed by atoms with van der Waals surface area (Å²) in [5.41, 5.74) is 0.351. The molecule has 9 heteroatoms. The van der Waals surface area contributed by atoms with Crippen molar-refractivity contribution in [3.63, 3.8) is 0 Å². The van der Waals surface area contributed by atoms with Gasteiger partial charge in [-0.25, -0.2) is 13.2 Å². The van der Waals surface area contributed by atoms with Crippen molar-refractivity contribution < 1.29 is 23.1 Å². The monoisotopic (exact) mass is 454 g/mol. The van der Waals surface area contributed by atoms with Gasteiger partial charge in [0.15, 0.2) is 5.60 Å². The molecule has 2 aliphatic rings. The van der Waals surface area contributed by atoms with E-state index in [1.807, 2.05) is 12.2 Å². The summed E-state index contributed by atoms with van der Waals surface area (Å²) in [6, 6.07) is 4.52. The van der Waals surface area contributed by atoms with Crippen LogP contribution in [0.15, 0.2) is 46.0 Å². The second-order valence-corrected chi connectivity index (χ2v) is 10.4. The third-order valence-corrected chi connectivity index (χ3v) is 7.60. The van der Waals surface area contributed by atoms with Gasteiger partial charge in [0.25, 0.3) is 0 Å². The number of piperazine rings is 1. The van der Waals surface area contributed by atoms with Gasteiger partial charge in [0.05, 0.1) is 4.90 Å². The molecule has 1 aliphatic carbocycles. The lowest BCUT2D eigenvalue weighted by Crippen LogP contribution is -2.48. The molecule has 164 valence electrons. The summed E-state index contributed by atoms with van der Waals surface area (Å²) in [5, 5.41) is 10.1. The molecular weight excluding hydrogens is 428 g/mol. The lowest BCUT2D eigenvalue weighted by atomic mass is 10.1. The number of aliphatic carboxylic acids is 1. The number of allylic oxidation sites excluding steroid dienone is 4. The van der Waals surface area contributed by atoms with Crippen LogP contribution in [0.3, 0.4) is 0 Å². The number of ether oxygens (including phenoxy) is 1. The molecule has 0 bridgehead atoms. The molecule has 1 saturated heterocycles. The Morgan fingerprint density at radius 1 is 1.13 bits per heavy atom. The first kappa shape index (κ1) is 22.7. The fourth-order valence-electron chi connectivity index (χ4n) is 3.44.